The maximum absolute atomic E-state index is 9.94. The Morgan fingerprint density at radius 2 is 2.45 bits per heavy atom. The highest BCUT2D eigenvalue weighted by atomic mass is 16.1. The standard InChI is InChI=1S/C7H9N3O/c1-10-7(8)6(5-9-10)3-2-4-11/h2-5H,8H2,1H3. The third-order valence-electron chi connectivity index (χ3n) is 1.37. The number of nitrogens with two attached hydrogens (primary N) is 1. The van der Waals surface area contributed by atoms with Gasteiger partial charge in [-0.25, -0.2) is 0 Å². The van der Waals surface area contributed by atoms with Gasteiger partial charge in [0.05, 0.1) is 6.20 Å². The number of anilines is 1. The van der Waals surface area contributed by atoms with E-state index in [0.29, 0.717) is 12.1 Å². The molecule has 0 saturated carbocycles. The van der Waals surface area contributed by atoms with E-state index >= 15 is 0 Å². The van der Waals surface area contributed by atoms with Gasteiger partial charge in [0.2, 0.25) is 0 Å². The van der Waals surface area contributed by atoms with Crippen molar-refractivity contribution in [2.45, 2.75) is 0 Å². The normalized spacial score (nSPS) is 10.6. The molecule has 0 amide bonds. The lowest BCUT2D eigenvalue weighted by atomic mass is 10.3. The predicted molar refractivity (Wildman–Crippen MR) is 42.7 cm³/mol. The Labute approximate surface area is 64.3 Å². The number of carbonyl (C=O) groups excluding carboxylic acids is 1. The summed E-state index contributed by atoms with van der Waals surface area (Å²) in [7, 11) is 1.74. The lowest BCUT2D eigenvalue weighted by Crippen LogP contribution is -1.97. The molecule has 0 fully saturated rings. The summed E-state index contributed by atoms with van der Waals surface area (Å²) in [6, 6.07) is 0. The van der Waals surface area contributed by atoms with Gasteiger partial charge in [0.25, 0.3) is 0 Å². The van der Waals surface area contributed by atoms with Gasteiger partial charge < -0.3 is 5.73 Å². The minimum absolute atomic E-state index is 0.558. The summed E-state index contributed by atoms with van der Waals surface area (Å²) in [6.45, 7) is 0. The van der Waals surface area contributed by atoms with Gasteiger partial charge in [-0.2, -0.15) is 5.10 Å². The predicted octanol–water partition coefficient (Wildman–Crippen LogP) is 0.214. The van der Waals surface area contributed by atoms with Crippen LogP contribution in [0.4, 0.5) is 5.82 Å². The third kappa shape index (κ3) is 1.46. The molecule has 1 rings (SSSR count). The third-order valence-corrected chi connectivity index (χ3v) is 1.37. The molecule has 11 heavy (non-hydrogen) atoms. The highest BCUT2D eigenvalue weighted by molar-refractivity contribution is 5.76. The molecule has 58 valence electrons. The molecule has 4 nitrogen and oxygen atoms in total. The van der Waals surface area contributed by atoms with Crippen molar-refractivity contribution in [3.63, 3.8) is 0 Å². The van der Waals surface area contributed by atoms with Crippen LogP contribution in [0.2, 0.25) is 0 Å². The van der Waals surface area contributed by atoms with E-state index in [9.17, 15) is 4.79 Å². The van der Waals surface area contributed by atoms with Crippen molar-refractivity contribution in [3.05, 3.63) is 17.8 Å². The van der Waals surface area contributed by atoms with Crippen LogP contribution in [0.3, 0.4) is 0 Å². The van der Waals surface area contributed by atoms with Gasteiger partial charge in [-0.3, -0.25) is 9.48 Å². The summed E-state index contributed by atoms with van der Waals surface area (Å²) in [4.78, 5) is 9.94. The number of aryl methyl sites for hydroxylation is 1. The van der Waals surface area contributed by atoms with Crippen LogP contribution >= 0.6 is 0 Å². The molecule has 1 aromatic rings. The van der Waals surface area contributed by atoms with Crippen molar-refractivity contribution in [2.24, 2.45) is 7.05 Å². The molecule has 0 aliphatic heterocycles. The van der Waals surface area contributed by atoms with Crippen molar-refractivity contribution in [1.82, 2.24) is 9.78 Å². The van der Waals surface area contributed by atoms with E-state index in [1.165, 1.54) is 6.08 Å². The van der Waals surface area contributed by atoms with E-state index in [1.807, 2.05) is 0 Å². The number of aldehydes is 1. The second kappa shape index (κ2) is 3.01. The van der Waals surface area contributed by atoms with Crippen molar-refractivity contribution >= 4 is 18.2 Å². The van der Waals surface area contributed by atoms with Gasteiger partial charge in [0, 0.05) is 12.6 Å². The molecule has 0 unspecified atom stereocenters. The lowest BCUT2D eigenvalue weighted by molar-refractivity contribution is -0.104. The molecule has 0 bridgehead atoms. The summed E-state index contributed by atoms with van der Waals surface area (Å²) in [5.74, 6) is 0.558. The Hall–Kier alpha value is -1.58. The topological polar surface area (TPSA) is 60.9 Å². The Morgan fingerprint density at radius 3 is 2.91 bits per heavy atom. The number of rotatable bonds is 2. The summed E-state index contributed by atoms with van der Waals surface area (Å²) in [6.07, 6.45) is 5.31. The van der Waals surface area contributed by atoms with Crippen molar-refractivity contribution in [3.8, 4) is 0 Å². The molecular weight excluding hydrogens is 142 g/mol. The molecule has 0 aliphatic carbocycles. The van der Waals surface area contributed by atoms with Gasteiger partial charge in [-0.05, 0) is 12.2 Å². The second-order valence-corrected chi connectivity index (χ2v) is 2.10. The Morgan fingerprint density at radius 1 is 1.73 bits per heavy atom. The second-order valence-electron chi connectivity index (χ2n) is 2.10. The largest absolute Gasteiger partial charge is 0.383 e. The molecule has 0 radical (unpaired) electrons. The first kappa shape index (κ1) is 7.53. The van der Waals surface area contributed by atoms with E-state index in [-0.39, 0.29) is 0 Å². The zero-order valence-corrected chi connectivity index (χ0v) is 6.19. The van der Waals surface area contributed by atoms with Crippen LogP contribution in [0, 0.1) is 0 Å². The minimum atomic E-state index is 0.558. The first-order valence-electron chi connectivity index (χ1n) is 3.15. The smallest absolute Gasteiger partial charge is 0.142 e. The molecule has 2 N–H and O–H groups in total. The number of allylic oxidation sites excluding steroid dienone is 1. The first-order chi connectivity index (χ1) is 5.25. The fourth-order valence-electron chi connectivity index (χ4n) is 0.735. The van der Waals surface area contributed by atoms with Crippen LogP contribution in [0.15, 0.2) is 12.3 Å². The van der Waals surface area contributed by atoms with Gasteiger partial charge in [-0.1, -0.05) is 0 Å². The highest BCUT2D eigenvalue weighted by Gasteiger charge is 1.98. The maximum atomic E-state index is 9.94. The number of aromatic nitrogens is 2. The Balaban J connectivity index is 2.95. The van der Waals surface area contributed by atoms with Crippen LogP contribution in [-0.4, -0.2) is 16.1 Å². The van der Waals surface area contributed by atoms with Crippen LogP contribution in [0.25, 0.3) is 6.08 Å². The van der Waals surface area contributed by atoms with Crippen LogP contribution in [0.5, 0.6) is 0 Å². The molecule has 0 aromatic carbocycles. The number of carbonyl (C=O) groups is 1. The number of hydrogen-bond acceptors (Lipinski definition) is 3. The number of hydrogen-bond donors (Lipinski definition) is 1. The molecule has 0 saturated heterocycles. The van der Waals surface area contributed by atoms with Gasteiger partial charge in [-0.15, -0.1) is 0 Å². The number of nitrogens with zero attached hydrogens (tertiary/aromatic N) is 2. The maximum Gasteiger partial charge on any atom is 0.142 e. The molecule has 4 heteroatoms. The van der Waals surface area contributed by atoms with E-state index in [4.69, 9.17) is 5.73 Å². The van der Waals surface area contributed by atoms with Crippen molar-refractivity contribution in [1.29, 1.82) is 0 Å². The fraction of sp³-hybridized carbons (Fsp3) is 0.143. The molecule has 0 aliphatic rings. The van der Waals surface area contributed by atoms with E-state index < -0.39 is 0 Å². The molecule has 1 aromatic heterocycles. The van der Waals surface area contributed by atoms with Crippen LogP contribution in [0.1, 0.15) is 5.56 Å². The zero-order valence-electron chi connectivity index (χ0n) is 6.19. The van der Waals surface area contributed by atoms with Gasteiger partial charge in [0.1, 0.15) is 12.1 Å². The van der Waals surface area contributed by atoms with Crippen molar-refractivity contribution in [2.75, 3.05) is 5.73 Å². The van der Waals surface area contributed by atoms with Gasteiger partial charge in [0.15, 0.2) is 0 Å². The van der Waals surface area contributed by atoms with Crippen molar-refractivity contribution < 1.29 is 4.79 Å². The number of nitrogen functional groups attached to an aromatic ring is 1. The quantitative estimate of drug-likeness (QED) is 0.485. The average molecular weight is 151 g/mol. The lowest BCUT2D eigenvalue weighted by Gasteiger charge is -1.92. The Bertz CT molecular complexity index is 288. The molecular formula is C7H9N3O. The summed E-state index contributed by atoms with van der Waals surface area (Å²) in [5.41, 5.74) is 6.34. The summed E-state index contributed by atoms with van der Waals surface area (Å²) in [5, 5.41) is 3.89. The van der Waals surface area contributed by atoms with Crippen LogP contribution in [-0.2, 0) is 11.8 Å². The monoisotopic (exact) mass is 151 g/mol. The highest BCUT2D eigenvalue weighted by Crippen LogP contribution is 2.09. The Kier molecular flexibility index (Phi) is 2.06. The fourth-order valence-corrected chi connectivity index (χ4v) is 0.735. The average Bonchev–Trinajstić information content (AvgIpc) is 2.31. The SMILES string of the molecule is Cn1ncc(C=CC=O)c1N. The van der Waals surface area contributed by atoms with E-state index in [0.717, 1.165) is 5.56 Å². The van der Waals surface area contributed by atoms with Gasteiger partial charge >= 0.3 is 0 Å². The van der Waals surface area contributed by atoms with E-state index in [1.54, 1.807) is 24.0 Å². The van der Waals surface area contributed by atoms with Crippen LogP contribution < -0.4 is 5.73 Å². The minimum Gasteiger partial charge on any atom is -0.383 e. The molecule has 0 atom stereocenters. The first-order valence-corrected chi connectivity index (χ1v) is 3.15. The zero-order chi connectivity index (χ0) is 8.27. The summed E-state index contributed by atoms with van der Waals surface area (Å²) < 4.78 is 1.55. The summed E-state index contributed by atoms with van der Waals surface area (Å²) >= 11 is 0. The van der Waals surface area contributed by atoms with E-state index in [2.05, 4.69) is 5.10 Å². The molecule has 0 spiro atoms. The molecule has 1 heterocycles.